The van der Waals surface area contributed by atoms with Gasteiger partial charge in [0, 0.05) is 18.0 Å². The Bertz CT molecular complexity index is 778. The molecule has 0 aliphatic rings. The molecule has 0 aliphatic carbocycles. The Hall–Kier alpha value is -2.16. The summed E-state index contributed by atoms with van der Waals surface area (Å²) in [7, 11) is 1.33. The molecule has 0 unspecified atom stereocenters. The first-order valence-electron chi connectivity index (χ1n) is 5.57. The number of nitrogens with zero attached hydrogens (tertiary/aromatic N) is 2. The number of halogens is 3. The topological polar surface area (TPSA) is 64.2 Å². The van der Waals surface area contributed by atoms with Gasteiger partial charge in [-0.2, -0.15) is 13.2 Å². The predicted molar refractivity (Wildman–Crippen MR) is 68.7 cm³/mol. The molecule has 1 heterocycles. The van der Waals surface area contributed by atoms with Crippen molar-refractivity contribution in [3.05, 3.63) is 56.7 Å². The Morgan fingerprint density at radius 2 is 1.71 bits per heavy atom. The predicted octanol–water partition coefficient (Wildman–Crippen LogP) is 1.95. The lowest BCUT2D eigenvalue weighted by Gasteiger charge is -2.09. The summed E-state index contributed by atoms with van der Waals surface area (Å²) in [5.41, 5.74) is -2.63. The third kappa shape index (κ3) is 3.13. The molecule has 1 aromatic heterocycles. The third-order valence-corrected chi connectivity index (χ3v) is 3.77. The van der Waals surface area contributed by atoms with Crippen molar-refractivity contribution in [2.75, 3.05) is 0 Å². The molecule has 0 bridgehead atoms. The highest BCUT2D eigenvalue weighted by atomic mass is 32.2. The fraction of sp³-hybridized carbons (Fsp3) is 0.167. The zero-order valence-corrected chi connectivity index (χ0v) is 11.4. The Morgan fingerprint density at radius 1 is 1.14 bits per heavy atom. The SMILES string of the molecule is Cn1c(Sc2ccc(C(F)(F)F)cc2)cc(=O)n(O)c1=O. The summed E-state index contributed by atoms with van der Waals surface area (Å²) in [6.07, 6.45) is -4.42. The van der Waals surface area contributed by atoms with Crippen molar-refractivity contribution >= 4 is 11.8 Å². The van der Waals surface area contributed by atoms with Crippen LogP contribution in [0.25, 0.3) is 0 Å². The molecule has 21 heavy (non-hydrogen) atoms. The molecule has 0 fully saturated rings. The summed E-state index contributed by atoms with van der Waals surface area (Å²) in [6.45, 7) is 0. The molecule has 0 amide bonds. The molecule has 112 valence electrons. The fourth-order valence-electron chi connectivity index (χ4n) is 1.52. The molecule has 0 aliphatic heterocycles. The van der Waals surface area contributed by atoms with Gasteiger partial charge < -0.3 is 5.21 Å². The molecular weight excluding hydrogens is 309 g/mol. The number of alkyl halides is 3. The average Bonchev–Trinajstić information content (AvgIpc) is 2.42. The van der Waals surface area contributed by atoms with Crippen LogP contribution >= 0.6 is 11.8 Å². The minimum absolute atomic E-state index is 0.0448. The third-order valence-electron chi connectivity index (χ3n) is 2.66. The number of hydrogen-bond donors (Lipinski definition) is 1. The molecular formula is C12H9F3N2O3S. The zero-order chi connectivity index (χ0) is 15.8. The summed E-state index contributed by atoms with van der Waals surface area (Å²) in [5.74, 6) is 0. The van der Waals surface area contributed by atoms with Crippen LogP contribution in [0.4, 0.5) is 13.2 Å². The van der Waals surface area contributed by atoms with Crippen LogP contribution in [0.1, 0.15) is 5.56 Å². The highest BCUT2D eigenvalue weighted by Crippen LogP contribution is 2.32. The van der Waals surface area contributed by atoms with Crippen molar-refractivity contribution < 1.29 is 18.4 Å². The van der Waals surface area contributed by atoms with E-state index in [0.29, 0.717) is 4.90 Å². The maximum absolute atomic E-state index is 12.4. The highest BCUT2D eigenvalue weighted by molar-refractivity contribution is 7.99. The maximum atomic E-state index is 12.4. The first kappa shape index (κ1) is 15.2. The van der Waals surface area contributed by atoms with Gasteiger partial charge in [-0.3, -0.25) is 9.36 Å². The van der Waals surface area contributed by atoms with Crippen LogP contribution in [0.2, 0.25) is 0 Å². The molecule has 9 heteroatoms. The first-order chi connectivity index (χ1) is 9.70. The lowest BCUT2D eigenvalue weighted by atomic mass is 10.2. The van der Waals surface area contributed by atoms with Crippen molar-refractivity contribution in [1.82, 2.24) is 9.30 Å². The van der Waals surface area contributed by atoms with E-state index in [0.717, 1.165) is 34.5 Å². The molecule has 0 saturated heterocycles. The smallest absolute Gasteiger partial charge is 0.416 e. The van der Waals surface area contributed by atoms with Crippen molar-refractivity contribution in [3.63, 3.8) is 0 Å². The fourth-order valence-corrected chi connectivity index (χ4v) is 2.41. The minimum Gasteiger partial charge on any atom is -0.421 e. The van der Waals surface area contributed by atoms with Gasteiger partial charge in [0.15, 0.2) is 0 Å². The maximum Gasteiger partial charge on any atom is 0.416 e. The van der Waals surface area contributed by atoms with Crippen LogP contribution in [0.3, 0.4) is 0 Å². The second-order valence-electron chi connectivity index (χ2n) is 4.10. The molecule has 0 saturated carbocycles. The summed E-state index contributed by atoms with van der Waals surface area (Å²) < 4.78 is 38.3. The Balaban J connectivity index is 2.36. The number of rotatable bonds is 2. The molecule has 5 nitrogen and oxygen atoms in total. The van der Waals surface area contributed by atoms with Gasteiger partial charge in [0.1, 0.15) is 0 Å². The summed E-state index contributed by atoms with van der Waals surface area (Å²) in [5, 5.41) is 9.34. The largest absolute Gasteiger partial charge is 0.421 e. The molecule has 1 N–H and O–H groups in total. The van der Waals surface area contributed by atoms with Crippen LogP contribution in [-0.4, -0.2) is 14.5 Å². The lowest BCUT2D eigenvalue weighted by Crippen LogP contribution is -2.37. The molecule has 2 rings (SSSR count). The number of benzene rings is 1. The summed E-state index contributed by atoms with van der Waals surface area (Å²) >= 11 is 0.942. The second-order valence-corrected chi connectivity index (χ2v) is 5.19. The van der Waals surface area contributed by atoms with E-state index in [4.69, 9.17) is 5.21 Å². The lowest BCUT2D eigenvalue weighted by molar-refractivity contribution is -0.137. The standard InChI is InChI=1S/C12H9F3N2O3S/c1-16-10(6-9(18)17(20)11(16)19)21-8-4-2-7(3-5-8)12(13,14)15/h2-6,20H,1H3. The molecule has 0 spiro atoms. The quantitative estimate of drug-likeness (QED) is 0.679. The van der Waals surface area contributed by atoms with Crippen molar-refractivity contribution in [1.29, 1.82) is 0 Å². The molecule has 1 aromatic carbocycles. The van der Waals surface area contributed by atoms with Gasteiger partial charge >= 0.3 is 11.9 Å². The van der Waals surface area contributed by atoms with Crippen LogP contribution < -0.4 is 11.2 Å². The highest BCUT2D eigenvalue weighted by Gasteiger charge is 2.29. The van der Waals surface area contributed by atoms with Crippen molar-refractivity contribution in [2.45, 2.75) is 16.1 Å². The van der Waals surface area contributed by atoms with E-state index < -0.39 is 23.0 Å². The summed E-state index contributed by atoms with van der Waals surface area (Å²) in [4.78, 5) is 23.3. The number of aromatic nitrogens is 2. The van der Waals surface area contributed by atoms with Gasteiger partial charge in [0.2, 0.25) is 0 Å². The normalized spacial score (nSPS) is 11.6. The van der Waals surface area contributed by atoms with E-state index in [1.807, 2.05) is 0 Å². The van der Waals surface area contributed by atoms with E-state index >= 15 is 0 Å². The van der Waals surface area contributed by atoms with Crippen molar-refractivity contribution in [3.8, 4) is 0 Å². The first-order valence-corrected chi connectivity index (χ1v) is 6.39. The number of hydrogen-bond acceptors (Lipinski definition) is 4. The second kappa shape index (κ2) is 5.32. The Kier molecular flexibility index (Phi) is 3.86. The van der Waals surface area contributed by atoms with Crippen LogP contribution in [0.15, 0.2) is 49.8 Å². The van der Waals surface area contributed by atoms with E-state index in [2.05, 4.69) is 0 Å². The Morgan fingerprint density at radius 3 is 2.24 bits per heavy atom. The van der Waals surface area contributed by atoms with Crippen LogP contribution in [-0.2, 0) is 13.2 Å². The van der Waals surface area contributed by atoms with E-state index in [9.17, 15) is 22.8 Å². The van der Waals surface area contributed by atoms with E-state index in [1.165, 1.54) is 19.2 Å². The molecule has 2 aromatic rings. The van der Waals surface area contributed by atoms with Gasteiger partial charge in [-0.15, -0.1) is 0 Å². The van der Waals surface area contributed by atoms with Gasteiger partial charge in [-0.25, -0.2) is 4.79 Å². The Labute approximate surface area is 120 Å². The zero-order valence-electron chi connectivity index (χ0n) is 10.6. The van der Waals surface area contributed by atoms with Gasteiger partial charge in [-0.05, 0) is 24.3 Å². The minimum atomic E-state index is -4.42. The van der Waals surface area contributed by atoms with Crippen LogP contribution in [0.5, 0.6) is 0 Å². The summed E-state index contributed by atoms with van der Waals surface area (Å²) in [6, 6.07) is 5.32. The van der Waals surface area contributed by atoms with Gasteiger partial charge in [0.25, 0.3) is 5.56 Å². The monoisotopic (exact) mass is 318 g/mol. The molecule has 0 atom stereocenters. The molecule has 0 radical (unpaired) electrons. The van der Waals surface area contributed by atoms with Gasteiger partial charge in [0.05, 0.1) is 10.6 Å². The van der Waals surface area contributed by atoms with E-state index in [1.54, 1.807) is 0 Å². The van der Waals surface area contributed by atoms with E-state index in [-0.39, 0.29) is 9.76 Å². The average molecular weight is 318 g/mol. The van der Waals surface area contributed by atoms with Crippen molar-refractivity contribution in [2.24, 2.45) is 7.05 Å². The van der Waals surface area contributed by atoms with Gasteiger partial charge in [-0.1, -0.05) is 16.5 Å². The van der Waals surface area contributed by atoms with Crippen LogP contribution in [0, 0.1) is 0 Å².